The fourth-order valence-electron chi connectivity index (χ4n) is 3.78. The molecular weight excluding hydrogens is 444 g/mol. The number of benzene rings is 3. The van der Waals surface area contributed by atoms with Gasteiger partial charge in [0.2, 0.25) is 0 Å². The summed E-state index contributed by atoms with van der Waals surface area (Å²) in [6.07, 6.45) is -0.765. The number of hydrogen-bond donors (Lipinski definition) is 2. The van der Waals surface area contributed by atoms with Gasteiger partial charge in [0.1, 0.15) is 23.1 Å². The predicted molar refractivity (Wildman–Crippen MR) is 121 cm³/mol. The number of rotatable bonds is 8. The minimum Gasteiger partial charge on any atom is -0.481 e. The molecule has 4 aromatic rings. The fraction of sp³-hybridized carbons (Fsp3) is 0.200. The number of aliphatic hydroxyl groups is 1. The van der Waals surface area contributed by atoms with Crippen molar-refractivity contribution in [3.05, 3.63) is 94.3 Å². The molecule has 34 heavy (non-hydrogen) atoms. The van der Waals surface area contributed by atoms with Gasteiger partial charge in [-0.15, -0.1) is 5.10 Å². The number of aliphatic hydroxyl groups excluding tert-OH is 1. The minimum atomic E-state index is -1.26. The van der Waals surface area contributed by atoms with Crippen molar-refractivity contribution >= 4 is 16.9 Å². The second kappa shape index (κ2) is 9.88. The number of aromatic nitrogens is 3. The SMILES string of the molecule is O=C(O)C(Cn1nnc2ccccc2c1=O)[C@H](O)CCc1ccc(-c2ccc(F)cc2F)cc1. The topological polar surface area (TPSA) is 105 Å². The summed E-state index contributed by atoms with van der Waals surface area (Å²) in [5.74, 6) is -3.84. The molecule has 9 heteroatoms. The Bertz CT molecular complexity index is 1390. The summed E-state index contributed by atoms with van der Waals surface area (Å²) >= 11 is 0. The number of aryl methyl sites for hydroxylation is 1. The van der Waals surface area contributed by atoms with Crippen LogP contribution < -0.4 is 5.56 Å². The van der Waals surface area contributed by atoms with Gasteiger partial charge in [-0.25, -0.2) is 13.5 Å². The maximum absolute atomic E-state index is 14.0. The van der Waals surface area contributed by atoms with Crippen molar-refractivity contribution in [3.63, 3.8) is 0 Å². The van der Waals surface area contributed by atoms with Crippen LogP contribution in [0.15, 0.2) is 71.5 Å². The van der Waals surface area contributed by atoms with Gasteiger partial charge >= 0.3 is 5.97 Å². The monoisotopic (exact) mass is 465 g/mol. The molecule has 0 fully saturated rings. The average Bonchev–Trinajstić information content (AvgIpc) is 2.82. The maximum Gasteiger partial charge on any atom is 0.311 e. The third-order valence-electron chi connectivity index (χ3n) is 5.71. The number of nitrogens with zero attached hydrogens (tertiary/aromatic N) is 3. The summed E-state index contributed by atoms with van der Waals surface area (Å²) in [5, 5.41) is 28.3. The van der Waals surface area contributed by atoms with Crippen LogP contribution in [0.3, 0.4) is 0 Å². The number of hydrogen-bond acceptors (Lipinski definition) is 5. The number of aliphatic carboxylic acids is 1. The third kappa shape index (κ3) is 4.99. The van der Waals surface area contributed by atoms with E-state index in [2.05, 4.69) is 10.3 Å². The molecule has 0 amide bonds. The van der Waals surface area contributed by atoms with Crippen LogP contribution in [0.1, 0.15) is 12.0 Å². The molecule has 1 unspecified atom stereocenters. The summed E-state index contributed by atoms with van der Waals surface area (Å²) in [4.78, 5) is 24.4. The van der Waals surface area contributed by atoms with Crippen LogP contribution in [0, 0.1) is 17.6 Å². The summed E-state index contributed by atoms with van der Waals surface area (Å²) in [5.41, 5.74) is 1.56. The number of carbonyl (C=O) groups is 1. The molecule has 7 nitrogen and oxygen atoms in total. The van der Waals surface area contributed by atoms with Crippen molar-refractivity contribution < 1.29 is 23.8 Å². The molecule has 174 valence electrons. The van der Waals surface area contributed by atoms with Gasteiger partial charge in [-0.2, -0.15) is 0 Å². The number of fused-ring (bicyclic) bond motifs is 1. The van der Waals surface area contributed by atoms with Gasteiger partial charge < -0.3 is 10.2 Å². The van der Waals surface area contributed by atoms with E-state index in [0.717, 1.165) is 16.3 Å². The largest absolute Gasteiger partial charge is 0.481 e. The zero-order valence-electron chi connectivity index (χ0n) is 17.9. The lowest BCUT2D eigenvalue weighted by molar-refractivity contribution is -0.146. The molecular formula is C25H21F2N3O4. The van der Waals surface area contributed by atoms with E-state index < -0.39 is 35.2 Å². The minimum absolute atomic E-state index is 0.122. The van der Waals surface area contributed by atoms with Crippen molar-refractivity contribution in [3.8, 4) is 11.1 Å². The lowest BCUT2D eigenvalue weighted by Gasteiger charge is -2.19. The fourth-order valence-corrected chi connectivity index (χ4v) is 3.78. The third-order valence-corrected chi connectivity index (χ3v) is 5.71. The molecule has 2 atom stereocenters. The molecule has 4 rings (SSSR count). The van der Waals surface area contributed by atoms with E-state index in [4.69, 9.17) is 0 Å². The summed E-state index contributed by atoms with van der Waals surface area (Å²) in [7, 11) is 0. The predicted octanol–water partition coefficient (Wildman–Crippen LogP) is 3.43. The highest BCUT2D eigenvalue weighted by Crippen LogP contribution is 2.24. The Labute approximate surface area is 192 Å². The first-order valence-corrected chi connectivity index (χ1v) is 10.6. The molecule has 0 spiro atoms. The highest BCUT2D eigenvalue weighted by atomic mass is 19.1. The van der Waals surface area contributed by atoms with Crippen LogP contribution in [-0.2, 0) is 17.8 Å². The van der Waals surface area contributed by atoms with Crippen LogP contribution in [-0.4, -0.2) is 37.3 Å². The molecule has 0 bridgehead atoms. The van der Waals surface area contributed by atoms with E-state index in [9.17, 15) is 28.6 Å². The Morgan fingerprint density at radius 2 is 1.76 bits per heavy atom. The first-order valence-electron chi connectivity index (χ1n) is 10.6. The zero-order valence-corrected chi connectivity index (χ0v) is 17.9. The number of carboxylic acids is 1. The van der Waals surface area contributed by atoms with E-state index in [1.807, 2.05) is 0 Å². The average molecular weight is 465 g/mol. The van der Waals surface area contributed by atoms with E-state index in [1.54, 1.807) is 48.5 Å². The van der Waals surface area contributed by atoms with Gasteiger partial charge in [0.25, 0.3) is 5.56 Å². The molecule has 0 aliphatic rings. The molecule has 2 N–H and O–H groups in total. The van der Waals surface area contributed by atoms with E-state index in [-0.39, 0.29) is 18.5 Å². The number of carboxylic acid groups (broad SMARTS) is 1. The molecule has 0 aliphatic carbocycles. The standard InChI is InChI=1S/C25H21F2N3O4/c26-17-10-11-18(21(27)13-17)16-8-5-15(6-9-16)7-12-23(31)20(25(33)34)14-30-24(32)19-3-1-2-4-22(19)28-29-30/h1-6,8-11,13,20,23,31H,7,12,14H2,(H,33,34)/t20?,23-/m1/s1. The normalized spacial score (nSPS) is 13.0. The summed E-state index contributed by atoms with van der Waals surface area (Å²) in [6.45, 7) is -0.323. The molecule has 1 aromatic heterocycles. The van der Waals surface area contributed by atoms with Gasteiger partial charge in [-0.05, 0) is 48.2 Å². The molecule has 3 aromatic carbocycles. The lowest BCUT2D eigenvalue weighted by atomic mass is 9.95. The number of halogens is 2. The van der Waals surface area contributed by atoms with Crippen molar-refractivity contribution in [1.29, 1.82) is 0 Å². The van der Waals surface area contributed by atoms with Crippen LogP contribution in [0.4, 0.5) is 8.78 Å². The first-order chi connectivity index (χ1) is 16.3. The van der Waals surface area contributed by atoms with Gasteiger partial charge in [-0.1, -0.05) is 41.6 Å². The molecule has 1 heterocycles. The Balaban J connectivity index is 1.44. The molecule has 0 saturated carbocycles. The van der Waals surface area contributed by atoms with Crippen molar-refractivity contribution in [2.75, 3.05) is 0 Å². The Morgan fingerprint density at radius 3 is 2.47 bits per heavy atom. The van der Waals surface area contributed by atoms with Crippen molar-refractivity contribution in [1.82, 2.24) is 15.0 Å². The van der Waals surface area contributed by atoms with E-state index >= 15 is 0 Å². The Morgan fingerprint density at radius 1 is 1.03 bits per heavy atom. The van der Waals surface area contributed by atoms with Gasteiger partial charge in [0.05, 0.1) is 18.0 Å². The maximum atomic E-state index is 14.0. The summed E-state index contributed by atoms with van der Waals surface area (Å²) in [6, 6.07) is 16.8. The molecule has 0 radical (unpaired) electrons. The smallest absolute Gasteiger partial charge is 0.311 e. The first kappa shape index (κ1) is 23.2. The highest BCUT2D eigenvalue weighted by Gasteiger charge is 2.28. The van der Waals surface area contributed by atoms with E-state index in [0.29, 0.717) is 22.9 Å². The van der Waals surface area contributed by atoms with Gasteiger partial charge in [0, 0.05) is 11.6 Å². The zero-order chi connectivity index (χ0) is 24.2. The van der Waals surface area contributed by atoms with Gasteiger partial charge in [0.15, 0.2) is 0 Å². The Kier molecular flexibility index (Phi) is 6.74. The Hall–Kier alpha value is -3.98. The van der Waals surface area contributed by atoms with E-state index in [1.165, 1.54) is 12.1 Å². The van der Waals surface area contributed by atoms with Crippen molar-refractivity contribution in [2.45, 2.75) is 25.5 Å². The second-order valence-corrected chi connectivity index (χ2v) is 7.97. The quantitative estimate of drug-likeness (QED) is 0.413. The van der Waals surface area contributed by atoms with Crippen LogP contribution in [0.5, 0.6) is 0 Å². The second-order valence-electron chi connectivity index (χ2n) is 7.97. The molecule has 0 aliphatic heterocycles. The molecule has 0 saturated heterocycles. The van der Waals surface area contributed by atoms with Crippen LogP contribution in [0.2, 0.25) is 0 Å². The van der Waals surface area contributed by atoms with Crippen LogP contribution in [0.25, 0.3) is 22.0 Å². The van der Waals surface area contributed by atoms with Crippen molar-refractivity contribution in [2.24, 2.45) is 5.92 Å². The summed E-state index contributed by atoms with van der Waals surface area (Å²) < 4.78 is 28.1. The highest BCUT2D eigenvalue weighted by molar-refractivity contribution is 5.76. The van der Waals surface area contributed by atoms with Gasteiger partial charge in [-0.3, -0.25) is 9.59 Å². The van der Waals surface area contributed by atoms with Crippen LogP contribution >= 0.6 is 0 Å². The lowest BCUT2D eigenvalue weighted by Crippen LogP contribution is -2.37.